The summed E-state index contributed by atoms with van der Waals surface area (Å²) in [6.45, 7) is 1.85. The first-order valence-corrected chi connectivity index (χ1v) is 6.13. The molecule has 4 nitrogen and oxygen atoms in total. The Bertz CT molecular complexity index is 644. The molecule has 2 aromatic carbocycles. The summed E-state index contributed by atoms with van der Waals surface area (Å²) < 4.78 is 13.2. The molecule has 20 heavy (non-hydrogen) atoms. The van der Waals surface area contributed by atoms with Gasteiger partial charge >= 0.3 is 5.97 Å². The van der Waals surface area contributed by atoms with Crippen LogP contribution in [-0.4, -0.2) is 11.1 Å². The molecule has 0 fully saturated rings. The molecule has 0 aliphatic rings. The summed E-state index contributed by atoms with van der Waals surface area (Å²) >= 11 is 0. The largest absolute Gasteiger partial charge is 0.478 e. The van der Waals surface area contributed by atoms with Gasteiger partial charge in [-0.25, -0.2) is 9.18 Å². The van der Waals surface area contributed by atoms with Gasteiger partial charge in [0.15, 0.2) is 0 Å². The lowest BCUT2D eigenvalue weighted by atomic mass is 10.1. The van der Waals surface area contributed by atoms with E-state index in [1.54, 1.807) is 24.3 Å². The molecule has 104 valence electrons. The van der Waals surface area contributed by atoms with Gasteiger partial charge in [0.05, 0.1) is 16.9 Å². The molecular weight excluding hydrogens is 259 g/mol. The van der Waals surface area contributed by atoms with Crippen LogP contribution in [0.3, 0.4) is 0 Å². The molecule has 5 heteroatoms. The molecule has 0 aromatic heterocycles. The van der Waals surface area contributed by atoms with E-state index < -0.39 is 5.97 Å². The maximum Gasteiger partial charge on any atom is 0.337 e. The molecule has 0 heterocycles. The second-order valence-corrected chi connectivity index (χ2v) is 4.49. The minimum Gasteiger partial charge on any atom is -0.478 e. The first kappa shape index (κ1) is 13.9. The first-order valence-electron chi connectivity index (χ1n) is 6.13. The predicted octanol–water partition coefficient (Wildman–Crippen LogP) is 3.28. The standard InChI is InChI=1S/C15H15FN2O2/c1-9(10-4-2-5-11(16)8-10)18-13-7-3-6-12(14(13)17)15(19)20/h2-9,18H,17H2,1H3,(H,19,20). The molecule has 4 N–H and O–H groups in total. The average Bonchev–Trinajstić information content (AvgIpc) is 2.40. The number of carboxylic acid groups (broad SMARTS) is 1. The van der Waals surface area contributed by atoms with Crippen molar-refractivity contribution >= 4 is 17.3 Å². The zero-order chi connectivity index (χ0) is 14.7. The van der Waals surface area contributed by atoms with Crippen molar-refractivity contribution in [1.82, 2.24) is 0 Å². The van der Waals surface area contributed by atoms with Gasteiger partial charge in [-0.1, -0.05) is 18.2 Å². The van der Waals surface area contributed by atoms with Crippen LogP contribution in [0.4, 0.5) is 15.8 Å². The summed E-state index contributed by atoms with van der Waals surface area (Å²) in [5.41, 5.74) is 7.31. The highest BCUT2D eigenvalue weighted by atomic mass is 19.1. The number of aromatic carboxylic acids is 1. The number of para-hydroxylation sites is 1. The lowest BCUT2D eigenvalue weighted by Crippen LogP contribution is -2.11. The van der Waals surface area contributed by atoms with Crippen LogP contribution in [-0.2, 0) is 0 Å². The predicted molar refractivity (Wildman–Crippen MR) is 76.3 cm³/mol. The van der Waals surface area contributed by atoms with Gasteiger partial charge in [-0.15, -0.1) is 0 Å². The Labute approximate surface area is 116 Å². The monoisotopic (exact) mass is 274 g/mol. The normalized spacial score (nSPS) is 11.9. The Morgan fingerprint density at radius 1 is 1.30 bits per heavy atom. The van der Waals surface area contributed by atoms with Crippen molar-refractivity contribution in [3.8, 4) is 0 Å². The minimum atomic E-state index is -1.08. The van der Waals surface area contributed by atoms with Crippen molar-refractivity contribution in [1.29, 1.82) is 0 Å². The van der Waals surface area contributed by atoms with Crippen LogP contribution in [0.15, 0.2) is 42.5 Å². The molecule has 0 aliphatic carbocycles. The third-order valence-electron chi connectivity index (χ3n) is 3.06. The number of nitrogens with one attached hydrogen (secondary N) is 1. The molecule has 0 saturated heterocycles. The Kier molecular flexibility index (Phi) is 3.89. The van der Waals surface area contributed by atoms with Crippen molar-refractivity contribution in [2.75, 3.05) is 11.1 Å². The topological polar surface area (TPSA) is 75.3 Å². The SMILES string of the molecule is CC(Nc1cccc(C(=O)O)c1N)c1cccc(F)c1. The van der Waals surface area contributed by atoms with E-state index in [-0.39, 0.29) is 23.1 Å². The Morgan fingerprint density at radius 2 is 2.00 bits per heavy atom. The average molecular weight is 274 g/mol. The van der Waals surface area contributed by atoms with E-state index in [9.17, 15) is 9.18 Å². The summed E-state index contributed by atoms with van der Waals surface area (Å²) in [6.07, 6.45) is 0. The van der Waals surface area contributed by atoms with Gasteiger partial charge in [-0.05, 0) is 36.8 Å². The van der Waals surface area contributed by atoms with Crippen molar-refractivity contribution in [2.24, 2.45) is 0 Å². The fraction of sp³-hybridized carbons (Fsp3) is 0.133. The number of carbonyl (C=O) groups is 1. The smallest absolute Gasteiger partial charge is 0.337 e. The summed E-state index contributed by atoms with van der Waals surface area (Å²) in [5.74, 6) is -1.40. The molecule has 1 unspecified atom stereocenters. The zero-order valence-electron chi connectivity index (χ0n) is 10.9. The van der Waals surface area contributed by atoms with E-state index in [4.69, 9.17) is 10.8 Å². The number of benzene rings is 2. The van der Waals surface area contributed by atoms with Gasteiger partial charge in [-0.2, -0.15) is 0 Å². The minimum absolute atomic E-state index is 0.0430. The quantitative estimate of drug-likeness (QED) is 0.748. The van der Waals surface area contributed by atoms with E-state index >= 15 is 0 Å². The Morgan fingerprint density at radius 3 is 2.65 bits per heavy atom. The number of nitrogen functional groups attached to an aromatic ring is 1. The van der Waals surface area contributed by atoms with Crippen LogP contribution in [0.2, 0.25) is 0 Å². The van der Waals surface area contributed by atoms with E-state index in [0.29, 0.717) is 5.69 Å². The van der Waals surface area contributed by atoms with Crippen molar-refractivity contribution in [2.45, 2.75) is 13.0 Å². The van der Waals surface area contributed by atoms with Gasteiger partial charge in [-0.3, -0.25) is 0 Å². The third kappa shape index (κ3) is 2.88. The highest BCUT2D eigenvalue weighted by molar-refractivity contribution is 5.97. The van der Waals surface area contributed by atoms with E-state index in [1.165, 1.54) is 18.2 Å². The van der Waals surface area contributed by atoms with E-state index in [1.807, 2.05) is 6.92 Å². The van der Waals surface area contributed by atoms with Crippen LogP contribution in [0.25, 0.3) is 0 Å². The van der Waals surface area contributed by atoms with Crippen LogP contribution in [0, 0.1) is 5.82 Å². The number of carboxylic acids is 1. The highest BCUT2D eigenvalue weighted by Gasteiger charge is 2.13. The molecule has 0 spiro atoms. The van der Waals surface area contributed by atoms with E-state index in [2.05, 4.69) is 5.32 Å². The number of nitrogens with two attached hydrogens (primary N) is 1. The summed E-state index contributed by atoms with van der Waals surface area (Å²) in [4.78, 5) is 11.0. The molecule has 0 saturated carbocycles. The van der Waals surface area contributed by atoms with Gasteiger partial charge in [0.25, 0.3) is 0 Å². The van der Waals surface area contributed by atoms with Gasteiger partial charge < -0.3 is 16.2 Å². The number of hydrogen-bond donors (Lipinski definition) is 3. The third-order valence-corrected chi connectivity index (χ3v) is 3.06. The lowest BCUT2D eigenvalue weighted by Gasteiger charge is -2.18. The molecule has 0 amide bonds. The number of anilines is 2. The molecule has 1 atom stereocenters. The maximum atomic E-state index is 13.2. The fourth-order valence-corrected chi connectivity index (χ4v) is 1.97. The number of halogens is 1. The second-order valence-electron chi connectivity index (χ2n) is 4.49. The summed E-state index contributed by atoms with van der Waals surface area (Å²) in [5, 5.41) is 12.1. The summed E-state index contributed by atoms with van der Waals surface area (Å²) in [7, 11) is 0. The molecule has 2 aromatic rings. The van der Waals surface area contributed by atoms with Crippen LogP contribution < -0.4 is 11.1 Å². The van der Waals surface area contributed by atoms with Gasteiger partial charge in [0.1, 0.15) is 5.82 Å². The van der Waals surface area contributed by atoms with Crippen molar-refractivity contribution in [3.63, 3.8) is 0 Å². The van der Waals surface area contributed by atoms with Crippen LogP contribution in [0.1, 0.15) is 28.9 Å². The Hall–Kier alpha value is -2.56. The van der Waals surface area contributed by atoms with Crippen molar-refractivity contribution in [3.05, 3.63) is 59.4 Å². The fourth-order valence-electron chi connectivity index (χ4n) is 1.97. The highest BCUT2D eigenvalue weighted by Crippen LogP contribution is 2.27. The number of hydrogen-bond acceptors (Lipinski definition) is 3. The lowest BCUT2D eigenvalue weighted by molar-refractivity contribution is 0.0698. The molecule has 2 rings (SSSR count). The van der Waals surface area contributed by atoms with Crippen LogP contribution >= 0.6 is 0 Å². The first-order chi connectivity index (χ1) is 9.49. The van der Waals surface area contributed by atoms with Gasteiger partial charge in [0, 0.05) is 6.04 Å². The number of rotatable bonds is 4. The van der Waals surface area contributed by atoms with Gasteiger partial charge in [0.2, 0.25) is 0 Å². The molecular formula is C15H15FN2O2. The second kappa shape index (κ2) is 5.61. The Balaban J connectivity index is 2.26. The van der Waals surface area contributed by atoms with E-state index in [0.717, 1.165) is 5.56 Å². The molecule has 0 radical (unpaired) electrons. The zero-order valence-corrected chi connectivity index (χ0v) is 10.9. The molecule has 0 aliphatic heterocycles. The van der Waals surface area contributed by atoms with Crippen LogP contribution in [0.5, 0.6) is 0 Å². The maximum absolute atomic E-state index is 13.2. The molecule has 0 bridgehead atoms. The van der Waals surface area contributed by atoms with Crippen molar-refractivity contribution < 1.29 is 14.3 Å². The summed E-state index contributed by atoms with van der Waals surface area (Å²) in [6, 6.07) is 10.8.